The molecule has 1 N–H and O–H groups in total. The fourth-order valence-corrected chi connectivity index (χ4v) is 4.93. The van der Waals surface area contributed by atoms with Gasteiger partial charge in [0.1, 0.15) is 5.75 Å². The van der Waals surface area contributed by atoms with Crippen molar-refractivity contribution >= 4 is 5.91 Å². The first kappa shape index (κ1) is 27.5. The molecule has 0 aromatic heterocycles. The van der Waals surface area contributed by atoms with Gasteiger partial charge < -0.3 is 15.0 Å². The Morgan fingerprint density at radius 3 is 2.32 bits per heavy atom. The van der Waals surface area contributed by atoms with Crippen molar-refractivity contribution in [1.82, 2.24) is 15.1 Å². The monoisotopic (exact) mass is 517 g/mol. The number of benzene rings is 2. The smallest absolute Gasteiger partial charge is 0.416 e. The van der Waals surface area contributed by atoms with Crippen LogP contribution in [0, 0.1) is 19.8 Å². The lowest BCUT2D eigenvalue weighted by molar-refractivity contribution is -0.137. The lowest BCUT2D eigenvalue weighted by atomic mass is 9.96. The van der Waals surface area contributed by atoms with Gasteiger partial charge in [0.2, 0.25) is 0 Å². The maximum Gasteiger partial charge on any atom is 0.416 e. The summed E-state index contributed by atoms with van der Waals surface area (Å²) in [5.74, 6) is 1.60. The van der Waals surface area contributed by atoms with E-state index >= 15 is 0 Å². The van der Waals surface area contributed by atoms with Gasteiger partial charge in [-0.05, 0) is 106 Å². The summed E-state index contributed by atoms with van der Waals surface area (Å²) in [6, 6.07) is 8.86. The Bertz CT molecular complexity index is 1060. The van der Waals surface area contributed by atoms with Crippen molar-refractivity contribution in [2.75, 3.05) is 45.9 Å². The van der Waals surface area contributed by atoms with Crippen molar-refractivity contribution in [1.29, 1.82) is 0 Å². The molecule has 202 valence electrons. The van der Waals surface area contributed by atoms with Gasteiger partial charge in [-0.15, -0.1) is 0 Å². The minimum absolute atomic E-state index is 0.183. The zero-order valence-corrected chi connectivity index (χ0v) is 22.0. The Labute approximate surface area is 218 Å². The van der Waals surface area contributed by atoms with E-state index in [1.54, 1.807) is 4.90 Å². The summed E-state index contributed by atoms with van der Waals surface area (Å²) in [5.41, 5.74) is 3.17. The van der Waals surface area contributed by atoms with Crippen LogP contribution in [-0.2, 0) is 6.18 Å². The SMILES string of the molecule is Cc1c(OCCCNCC2CC2)ccc(C(C)N2CCN(C(=O)c3ccc(C(F)(F)F)cc3)CC2)c1C. The molecule has 1 aliphatic heterocycles. The van der Waals surface area contributed by atoms with Crippen LogP contribution in [0.5, 0.6) is 5.75 Å². The molecule has 2 aromatic carbocycles. The quantitative estimate of drug-likeness (QED) is 0.416. The molecule has 0 bridgehead atoms. The normalized spacial score (nSPS) is 17.6. The highest BCUT2D eigenvalue weighted by Gasteiger charge is 2.31. The van der Waals surface area contributed by atoms with E-state index in [1.165, 1.54) is 36.1 Å². The van der Waals surface area contributed by atoms with Crippen molar-refractivity contribution in [2.45, 2.75) is 52.3 Å². The van der Waals surface area contributed by atoms with E-state index in [-0.39, 0.29) is 17.5 Å². The fourth-order valence-electron chi connectivity index (χ4n) is 4.93. The number of ether oxygens (including phenoxy) is 1. The topological polar surface area (TPSA) is 44.8 Å². The molecule has 2 aliphatic rings. The van der Waals surface area contributed by atoms with Crippen LogP contribution in [0.2, 0.25) is 0 Å². The summed E-state index contributed by atoms with van der Waals surface area (Å²) < 4.78 is 44.5. The van der Waals surface area contributed by atoms with E-state index in [0.29, 0.717) is 32.8 Å². The molecule has 0 spiro atoms. The van der Waals surface area contributed by atoms with Crippen molar-refractivity contribution in [3.8, 4) is 5.75 Å². The average Bonchev–Trinajstić information content (AvgIpc) is 3.72. The van der Waals surface area contributed by atoms with E-state index in [4.69, 9.17) is 4.74 Å². The van der Waals surface area contributed by atoms with E-state index in [1.807, 2.05) is 0 Å². The van der Waals surface area contributed by atoms with Crippen molar-refractivity contribution in [3.05, 3.63) is 64.2 Å². The first-order chi connectivity index (χ1) is 17.6. The number of piperazine rings is 1. The number of hydrogen-bond donors (Lipinski definition) is 1. The molecule has 1 heterocycles. The molecular formula is C29H38F3N3O2. The lowest BCUT2D eigenvalue weighted by Crippen LogP contribution is -2.49. The van der Waals surface area contributed by atoms with Crippen LogP contribution in [0.1, 0.15) is 64.8 Å². The highest BCUT2D eigenvalue weighted by atomic mass is 19.4. The van der Waals surface area contributed by atoms with Crippen LogP contribution >= 0.6 is 0 Å². The van der Waals surface area contributed by atoms with Gasteiger partial charge in [-0.2, -0.15) is 13.2 Å². The third kappa shape index (κ3) is 7.05. The number of carbonyl (C=O) groups is 1. The lowest BCUT2D eigenvalue weighted by Gasteiger charge is -2.39. The molecule has 1 aliphatic carbocycles. The van der Waals surface area contributed by atoms with Gasteiger partial charge in [0.25, 0.3) is 5.91 Å². The fraction of sp³-hybridized carbons (Fsp3) is 0.552. The predicted octanol–water partition coefficient (Wildman–Crippen LogP) is 5.61. The average molecular weight is 518 g/mol. The van der Waals surface area contributed by atoms with Crippen LogP contribution in [0.4, 0.5) is 13.2 Å². The molecule has 2 fully saturated rings. The van der Waals surface area contributed by atoms with Gasteiger partial charge in [-0.25, -0.2) is 0 Å². The summed E-state index contributed by atoms with van der Waals surface area (Å²) in [6.45, 7) is 11.7. The molecule has 1 amide bonds. The Balaban J connectivity index is 1.27. The molecule has 4 rings (SSSR count). The third-order valence-electron chi connectivity index (χ3n) is 7.72. The van der Waals surface area contributed by atoms with Crippen LogP contribution < -0.4 is 10.1 Å². The minimum atomic E-state index is -4.41. The molecule has 5 nitrogen and oxygen atoms in total. The van der Waals surface area contributed by atoms with Gasteiger partial charge in [0.05, 0.1) is 12.2 Å². The van der Waals surface area contributed by atoms with Gasteiger partial charge >= 0.3 is 6.18 Å². The number of halogens is 3. The van der Waals surface area contributed by atoms with Gasteiger partial charge in [-0.3, -0.25) is 9.69 Å². The molecule has 8 heteroatoms. The molecule has 2 aromatic rings. The largest absolute Gasteiger partial charge is 0.493 e. The van der Waals surface area contributed by atoms with Gasteiger partial charge in [0.15, 0.2) is 0 Å². The highest BCUT2D eigenvalue weighted by molar-refractivity contribution is 5.94. The van der Waals surface area contributed by atoms with E-state index < -0.39 is 11.7 Å². The van der Waals surface area contributed by atoms with Gasteiger partial charge in [-0.1, -0.05) is 6.07 Å². The number of alkyl halides is 3. The molecule has 1 atom stereocenters. The number of nitrogens with zero attached hydrogens (tertiary/aromatic N) is 2. The zero-order chi connectivity index (χ0) is 26.6. The minimum Gasteiger partial charge on any atom is -0.493 e. The summed E-state index contributed by atoms with van der Waals surface area (Å²) in [7, 11) is 0. The third-order valence-corrected chi connectivity index (χ3v) is 7.72. The summed E-state index contributed by atoms with van der Waals surface area (Å²) >= 11 is 0. The number of rotatable bonds is 10. The molecule has 1 saturated carbocycles. The molecule has 1 saturated heterocycles. The summed E-state index contributed by atoms with van der Waals surface area (Å²) in [6.07, 6.45) is -0.692. The molecule has 1 unspecified atom stereocenters. The maximum atomic E-state index is 12.8. The van der Waals surface area contributed by atoms with Crippen molar-refractivity contribution < 1.29 is 22.7 Å². The van der Waals surface area contributed by atoms with Crippen molar-refractivity contribution in [2.24, 2.45) is 5.92 Å². The number of amides is 1. The first-order valence-corrected chi connectivity index (χ1v) is 13.3. The molecule has 37 heavy (non-hydrogen) atoms. The second kappa shape index (κ2) is 11.9. The van der Waals surface area contributed by atoms with Crippen LogP contribution in [0.15, 0.2) is 36.4 Å². The standard InChI is InChI=1S/C29H38F3N3O2/c1-20-21(2)27(37-18-4-13-33-19-23-5-6-23)12-11-26(20)22(3)34-14-16-35(17-15-34)28(36)24-7-9-25(10-8-24)29(30,31)32/h7-12,22-23,33H,4-6,13-19H2,1-3H3. The number of carbonyl (C=O) groups excluding carboxylic acids is 1. The summed E-state index contributed by atoms with van der Waals surface area (Å²) in [4.78, 5) is 16.9. The van der Waals surface area contributed by atoms with Gasteiger partial charge in [0, 0.05) is 37.8 Å². The van der Waals surface area contributed by atoms with E-state index in [0.717, 1.165) is 48.9 Å². The highest BCUT2D eigenvalue weighted by Crippen LogP contribution is 2.32. The predicted molar refractivity (Wildman–Crippen MR) is 139 cm³/mol. The maximum absolute atomic E-state index is 12.8. The Hall–Kier alpha value is -2.58. The van der Waals surface area contributed by atoms with Crippen LogP contribution in [-0.4, -0.2) is 61.6 Å². The molecule has 0 radical (unpaired) electrons. The Morgan fingerprint density at radius 1 is 1.03 bits per heavy atom. The van der Waals surface area contributed by atoms with E-state index in [2.05, 4.69) is 43.1 Å². The number of nitrogens with one attached hydrogen (secondary N) is 1. The second-order valence-corrected chi connectivity index (χ2v) is 10.3. The van der Waals surface area contributed by atoms with Crippen LogP contribution in [0.25, 0.3) is 0 Å². The Morgan fingerprint density at radius 2 is 1.70 bits per heavy atom. The Kier molecular flexibility index (Phi) is 8.80. The van der Waals surface area contributed by atoms with Crippen LogP contribution in [0.3, 0.4) is 0 Å². The number of hydrogen-bond acceptors (Lipinski definition) is 4. The van der Waals surface area contributed by atoms with Crippen molar-refractivity contribution in [3.63, 3.8) is 0 Å². The second-order valence-electron chi connectivity index (χ2n) is 10.3. The first-order valence-electron chi connectivity index (χ1n) is 13.3. The zero-order valence-electron chi connectivity index (χ0n) is 22.0. The summed E-state index contributed by atoms with van der Waals surface area (Å²) in [5, 5.41) is 3.50. The molecular weight excluding hydrogens is 479 g/mol. The van der Waals surface area contributed by atoms with E-state index in [9.17, 15) is 18.0 Å².